The highest BCUT2D eigenvalue weighted by Gasteiger charge is 2.12. The molecule has 1 heterocycles. The molecule has 0 atom stereocenters. The predicted molar refractivity (Wildman–Crippen MR) is 103 cm³/mol. The van der Waals surface area contributed by atoms with Gasteiger partial charge in [0.05, 0.1) is 11.0 Å². The molecule has 112 valence electrons. The highest BCUT2D eigenvalue weighted by molar-refractivity contribution is 6.11. The molecule has 0 saturated heterocycles. The number of benzene rings is 2. The molecule has 1 heteroatoms. The lowest BCUT2D eigenvalue weighted by atomic mass is 10.0. The van der Waals surface area contributed by atoms with Gasteiger partial charge in [-0.15, -0.1) is 0 Å². The summed E-state index contributed by atoms with van der Waals surface area (Å²) in [5.41, 5.74) is 5.30. The molecule has 0 unspecified atom stereocenters. The fraction of sp³-hybridized carbons (Fsp3) is 0. The number of fused-ring (bicyclic) bond motifs is 3. The first-order chi connectivity index (χ1) is 11.2. The van der Waals surface area contributed by atoms with Crippen LogP contribution in [0.5, 0.6) is 0 Å². The van der Waals surface area contributed by atoms with E-state index in [1.165, 1.54) is 10.8 Å². The third-order valence-electron chi connectivity index (χ3n) is 4.05. The van der Waals surface area contributed by atoms with Gasteiger partial charge in [-0.1, -0.05) is 62.7 Å². The molecule has 0 fully saturated rings. The van der Waals surface area contributed by atoms with Gasteiger partial charge in [-0.3, -0.25) is 0 Å². The zero-order chi connectivity index (χ0) is 16.4. The van der Waals surface area contributed by atoms with E-state index in [1.54, 1.807) is 12.2 Å². The zero-order valence-corrected chi connectivity index (χ0v) is 13.1. The lowest BCUT2D eigenvalue weighted by Crippen LogP contribution is -1.93. The smallest absolute Gasteiger partial charge is 0.0541 e. The van der Waals surface area contributed by atoms with Crippen LogP contribution in [0.1, 0.15) is 5.56 Å². The van der Waals surface area contributed by atoms with Crippen LogP contribution < -0.4 is 0 Å². The van der Waals surface area contributed by atoms with E-state index in [1.807, 2.05) is 12.2 Å². The lowest BCUT2D eigenvalue weighted by Gasteiger charge is -2.08. The highest BCUT2D eigenvalue weighted by Crippen LogP contribution is 2.33. The zero-order valence-electron chi connectivity index (χ0n) is 13.1. The standard InChI is InChI=1S/C22H19N/c1-5-10-18(7-3)23-21-12-9-8-11-19(21)20-15-17(16(4)6-2)13-14-22(20)23/h5-15H,1-4H2/b18-10+. The Morgan fingerprint density at radius 1 is 0.870 bits per heavy atom. The van der Waals surface area contributed by atoms with E-state index in [0.29, 0.717) is 0 Å². The Bertz CT molecular complexity index is 980. The van der Waals surface area contributed by atoms with E-state index in [0.717, 1.165) is 27.9 Å². The van der Waals surface area contributed by atoms with Crippen LogP contribution in [0.25, 0.3) is 33.1 Å². The maximum Gasteiger partial charge on any atom is 0.0541 e. The summed E-state index contributed by atoms with van der Waals surface area (Å²) in [7, 11) is 0. The summed E-state index contributed by atoms with van der Waals surface area (Å²) < 4.78 is 2.21. The second-order valence-electron chi connectivity index (χ2n) is 5.35. The van der Waals surface area contributed by atoms with Crippen LogP contribution in [-0.4, -0.2) is 4.57 Å². The number of rotatable bonds is 5. The second-order valence-corrected chi connectivity index (χ2v) is 5.35. The second kappa shape index (κ2) is 5.98. The summed E-state index contributed by atoms with van der Waals surface area (Å²) in [6.07, 6.45) is 7.39. The minimum absolute atomic E-state index is 0.925. The van der Waals surface area contributed by atoms with E-state index in [2.05, 4.69) is 73.3 Å². The largest absolute Gasteiger partial charge is 0.309 e. The first kappa shape index (κ1) is 14.9. The van der Waals surface area contributed by atoms with Crippen molar-refractivity contribution >= 4 is 33.1 Å². The van der Waals surface area contributed by atoms with Crippen molar-refractivity contribution in [2.75, 3.05) is 0 Å². The third-order valence-corrected chi connectivity index (χ3v) is 4.05. The number of allylic oxidation sites excluding steroid dienone is 6. The van der Waals surface area contributed by atoms with Gasteiger partial charge in [0.1, 0.15) is 0 Å². The molecule has 1 nitrogen and oxygen atoms in total. The van der Waals surface area contributed by atoms with Crippen LogP contribution in [0.3, 0.4) is 0 Å². The first-order valence-corrected chi connectivity index (χ1v) is 7.51. The van der Waals surface area contributed by atoms with Crippen molar-refractivity contribution in [1.29, 1.82) is 0 Å². The van der Waals surface area contributed by atoms with Gasteiger partial charge >= 0.3 is 0 Å². The molecule has 3 rings (SSSR count). The van der Waals surface area contributed by atoms with Gasteiger partial charge in [-0.25, -0.2) is 0 Å². The van der Waals surface area contributed by atoms with Gasteiger partial charge in [0.15, 0.2) is 0 Å². The molecular formula is C22H19N. The van der Waals surface area contributed by atoms with Crippen molar-refractivity contribution < 1.29 is 0 Å². The lowest BCUT2D eigenvalue weighted by molar-refractivity contribution is 1.24. The van der Waals surface area contributed by atoms with Crippen molar-refractivity contribution in [2.45, 2.75) is 0 Å². The van der Waals surface area contributed by atoms with Gasteiger partial charge in [0.25, 0.3) is 0 Å². The highest BCUT2D eigenvalue weighted by atomic mass is 15.0. The fourth-order valence-electron chi connectivity index (χ4n) is 2.92. The number of nitrogens with zero attached hydrogens (tertiary/aromatic N) is 1. The Hall–Kier alpha value is -3.06. The van der Waals surface area contributed by atoms with Gasteiger partial charge in [0.2, 0.25) is 0 Å². The van der Waals surface area contributed by atoms with Crippen molar-refractivity contribution in [2.24, 2.45) is 0 Å². The molecule has 0 radical (unpaired) electrons. The normalized spacial score (nSPS) is 11.6. The molecule has 0 aliphatic heterocycles. The van der Waals surface area contributed by atoms with Crippen molar-refractivity contribution in [3.05, 3.63) is 98.6 Å². The van der Waals surface area contributed by atoms with Crippen LogP contribution >= 0.6 is 0 Å². The van der Waals surface area contributed by atoms with E-state index in [-0.39, 0.29) is 0 Å². The minimum Gasteiger partial charge on any atom is -0.309 e. The van der Waals surface area contributed by atoms with E-state index in [9.17, 15) is 0 Å². The van der Waals surface area contributed by atoms with Crippen LogP contribution in [-0.2, 0) is 0 Å². The van der Waals surface area contributed by atoms with Gasteiger partial charge in [-0.05, 0) is 41.5 Å². The molecule has 2 aromatic carbocycles. The topological polar surface area (TPSA) is 4.93 Å². The molecule has 0 saturated carbocycles. The van der Waals surface area contributed by atoms with Crippen molar-refractivity contribution in [3.8, 4) is 0 Å². The maximum atomic E-state index is 4.05. The Kier molecular flexibility index (Phi) is 3.86. The molecule has 0 amide bonds. The number of hydrogen-bond acceptors (Lipinski definition) is 0. The monoisotopic (exact) mass is 297 g/mol. The molecule has 0 aliphatic carbocycles. The fourth-order valence-corrected chi connectivity index (χ4v) is 2.92. The molecule has 0 spiro atoms. The van der Waals surface area contributed by atoms with Crippen LogP contribution in [0.4, 0.5) is 0 Å². The van der Waals surface area contributed by atoms with E-state index >= 15 is 0 Å². The van der Waals surface area contributed by atoms with E-state index < -0.39 is 0 Å². The van der Waals surface area contributed by atoms with Crippen LogP contribution in [0.15, 0.2) is 93.1 Å². The van der Waals surface area contributed by atoms with Crippen LogP contribution in [0.2, 0.25) is 0 Å². The van der Waals surface area contributed by atoms with Gasteiger partial charge < -0.3 is 4.57 Å². The molecule has 23 heavy (non-hydrogen) atoms. The summed E-state index contributed by atoms with van der Waals surface area (Å²) in [6, 6.07) is 14.8. The molecule has 3 aromatic rings. The first-order valence-electron chi connectivity index (χ1n) is 7.51. The minimum atomic E-state index is 0.925. The van der Waals surface area contributed by atoms with Gasteiger partial charge in [-0.2, -0.15) is 0 Å². The predicted octanol–water partition coefficient (Wildman–Crippen LogP) is 6.21. The summed E-state index contributed by atoms with van der Waals surface area (Å²) in [4.78, 5) is 0. The van der Waals surface area contributed by atoms with Crippen molar-refractivity contribution in [3.63, 3.8) is 0 Å². The van der Waals surface area contributed by atoms with Gasteiger partial charge in [0, 0.05) is 16.5 Å². The summed E-state index contributed by atoms with van der Waals surface area (Å²) in [5.74, 6) is 0. The molecule has 0 bridgehead atoms. The van der Waals surface area contributed by atoms with Crippen LogP contribution in [0, 0.1) is 0 Å². The number of hydrogen-bond donors (Lipinski definition) is 0. The Labute approximate surface area is 136 Å². The summed E-state index contributed by atoms with van der Waals surface area (Å²) in [6.45, 7) is 15.6. The Balaban J connectivity index is 2.45. The number of para-hydroxylation sites is 1. The average molecular weight is 297 g/mol. The maximum absolute atomic E-state index is 4.05. The third kappa shape index (κ3) is 2.36. The molecule has 0 aliphatic rings. The quantitative estimate of drug-likeness (QED) is 0.494. The Morgan fingerprint density at radius 3 is 2.30 bits per heavy atom. The molecule has 0 N–H and O–H groups in total. The number of aromatic nitrogens is 1. The molecular weight excluding hydrogens is 278 g/mol. The Morgan fingerprint density at radius 2 is 1.61 bits per heavy atom. The van der Waals surface area contributed by atoms with E-state index in [4.69, 9.17) is 0 Å². The molecule has 1 aromatic heterocycles. The summed E-state index contributed by atoms with van der Waals surface area (Å²) >= 11 is 0. The SMILES string of the molecule is C=C/C=C(\C=C)n1c2ccccc2c2cc(C(=C)C=C)ccc21. The summed E-state index contributed by atoms with van der Waals surface area (Å²) in [5, 5.41) is 2.40. The van der Waals surface area contributed by atoms with Crippen molar-refractivity contribution in [1.82, 2.24) is 4.57 Å². The average Bonchev–Trinajstić information content (AvgIpc) is 2.92.